The number of ether oxygens (including phenoxy) is 2. The van der Waals surface area contributed by atoms with Gasteiger partial charge in [-0.2, -0.15) is 4.99 Å². The lowest BCUT2D eigenvalue weighted by atomic mass is 10.1. The number of nitrogens with zero attached hydrogens (tertiary/aromatic N) is 3. The molecule has 0 atom stereocenters. The number of hydrogen-bond donors (Lipinski definition) is 0. The van der Waals surface area contributed by atoms with Crippen molar-refractivity contribution in [3.63, 3.8) is 0 Å². The number of halogens is 1. The van der Waals surface area contributed by atoms with Gasteiger partial charge >= 0.3 is 0 Å². The van der Waals surface area contributed by atoms with Crippen LogP contribution in [0.2, 0.25) is 5.02 Å². The highest BCUT2D eigenvalue weighted by Gasteiger charge is 2.32. The van der Waals surface area contributed by atoms with Crippen LogP contribution in [0.25, 0.3) is 6.08 Å². The summed E-state index contributed by atoms with van der Waals surface area (Å²) in [5.41, 5.74) is 1.85. The predicted octanol–water partition coefficient (Wildman–Crippen LogP) is 6.40. The summed E-state index contributed by atoms with van der Waals surface area (Å²) in [6.45, 7) is 5.28. The van der Waals surface area contributed by atoms with E-state index in [0.29, 0.717) is 51.5 Å². The number of aromatic nitrogens is 1. The van der Waals surface area contributed by atoms with E-state index in [1.807, 2.05) is 67.8 Å². The first-order valence-corrected chi connectivity index (χ1v) is 12.5. The minimum Gasteiger partial charge on any atom is -0.490 e. The third kappa shape index (κ3) is 5.76. The van der Waals surface area contributed by atoms with E-state index in [1.54, 1.807) is 11.1 Å². The molecule has 2 heterocycles. The molecule has 0 radical (unpaired) electrons. The molecule has 1 aromatic heterocycles. The van der Waals surface area contributed by atoms with Crippen LogP contribution in [0.5, 0.6) is 11.5 Å². The van der Waals surface area contributed by atoms with Gasteiger partial charge in [-0.25, -0.2) is 4.98 Å². The van der Waals surface area contributed by atoms with Crippen molar-refractivity contribution in [2.45, 2.75) is 20.5 Å². The van der Waals surface area contributed by atoms with Gasteiger partial charge in [0.1, 0.15) is 6.61 Å². The van der Waals surface area contributed by atoms with Gasteiger partial charge in [0.15, 0.2) is 16.7 Å². The summed E-state index contributed by atoms with van der Waals surface area (Å²) in [7, 11) is 0. The van der Waals surface area contributed by atoms with Gasteiger partial charge < -0.3 is 9.47 Å². The van der Waals surface area contributed by atoms with E-state index < -0.39 is 0 Å². The molecule has 33 heavy (non-hydrogen) atoms. The lowest BCUT2D eigenvalue weighted by Gasteiger charge is -2.13. The Morgan fingerprint density at radius 3 is 2.64 bits per heavy atom. The Hall–Kier alpha value is -2.81. The van der Waals surface area contributed by atoms with Crippen LogP contribution in [-0.4, -0.2) is 34.1 Å². The van der Waals surface area contributed by atoms with Crippen LogP contribution in [0.4, 0.5) is 5.13 Å². The summed E-state index contributed by atoms with van der Waals surface area (Å²) in [6, 6.07) is 13.2. The van der Waals surface area contributed by atoms with Crippen LogP contribution in [-0.2, 0) is 11.4 Å². The Morgan fingerprint density at radius 2 is 1.94 bits per heavy atom. The van der Waals surface area contributed by atoms with Crippen molar-refractivity contribution in [3.8, 4) is 11.5 Å². The van der Waals surface area contributed by atoms with Crippen LogP contribution in [0.1, 0.15) is 25.0 Å². The Morgan fingerprint density at radius 1 is 1.12 bits per heavy atom. The molecule has 170 valence electrons. The monoisotopic (exact) mass is 499 g/mol. The maximum Gasteiger partial charge on any atom is 0.266 e. The van der Waals surface area contributed by atoms with Gasteiger partial charge in [0.25, 0.3) is 5.91 Å². The van der Waals surface area contributed by atoms with E-state index in [0.717, 1.165) is 11.1 Å². The van der Waals surface area contributed by atoms with Gasteiger partial charge in [-0.05, 0) is 67.1 Å². The molecule has 0 spiro atoms. The number of hydrogen-bond acceptors (Lipinski definition) is 7. The molecule has 2 aromatic carbocycles. The largest absolute Gasteiger partial charge is 0.490 e. The first-order chi connectivity index (χ1) is 16.1. The molecule has 1 fully saturated rings. The maximum atomic E-state index is 12.9. The molecule has 0 aliphatic carbocycles. The highest BCUT2D eigenvalue weighted by Crippen LogP contribution is 2.36. The van der Waals surface area contributed by atoms with E-state index in [4.69, 9.17) is 21.1 Å². The molecule has 4 rings (SSSR count). The van der Waals surface area contributed by atoms with Crippen molar-refractivity contribution in [2.75, 3.05) is 13.2 Å². The Balaban J connectivity index is 1.55. The van der Waals surface area contributed by atoms with Gasteiger partial charge in [-0.1, -0.05) is 29.8 Å². The fourth-order valence-electron chi connectivity index (χ4n) is 3.12. The summed E-state index contributed by atoms with van der Waals surface area (Å²) in [5, 5.41) is 3.81. The van der Waals surface area contributed by atoms with Crippen LogP contribution in [0.15, 0.2) is 63.9 Å². The normalized spacial score (nSPS) is 16.1. The highest BCUT2D eigenvalue weighted by atomic mass is 35.5. The van der Waals surface area contributed by atoms with E-state index in [9.17, 15) is 4.79 Å². The zero-order valence-corrected chi connectivity index (χ0v) is 20.5. The maximum absolute atomic E-state index is 12.9. The van der Waals surface area contributed by atoms with E-state index in [1.165, 1.54) is 23.1 Å². The fourth-order valence-corrected chi connectivity index (χ4v) is 4.85. The lowest BCUT2D eigenvalue weighted by Crippen LogP contribution is -2.28. The molecule has 1 aliphatic rings. The van der Waals surface area contributed by atoms with Gasteiger partial charge in [0.05, 0.1) is 11.5 Å². The molecular formula is C24H22ClN3O3S2. The second kappa shape index (κ2) is 10.9. The number of amidine groups is 1. The molecule has 0 N–H and O–H groups in total. The summed E-state index contributed by atoms with van der Waals surface area (Å²) < 4.78 is 11.8. The first-order valence-electron chi connectivity index (χ1n) is 10.4. The number of likely N-dealkylation sites (N-methyl/N-ethyl adjacent to an activating group) is 1. The van der Waals surface area contributed by atoms with E-state index in [-0.39, 0.29) is 5.91 Å². The molecular weight excluding hydrogens is 478 g/mol. The number of thioether (sulfide) groups is 1. The van der Waals surface area contributed by atoms with Crippen molar-refractivity contribution in [1.82, 2.24) is 9.88 Å². The molecule has 0 unspecified atom stereocenters. The van der Waals surface area contributed by atoms with Crippen molar-refractivity contribution < 1.29 is 14.3 Å². The minimum atomic E-state index is -0.0705. The van der Waals surface area contributed by atoms with Gasteiger partial charge in [-0.3, -0.25) is 9.69 Å². The summed E-state index contributed by atoms with van der Waals surface area (Å²) in [6.07, 6.45) is 3.55. The number of benzene rings is 2. The number of carbonyl (C=O) groups excluding carboxylic acids is 1. The molecule has 0 saturated carbocycles. The van der Waals surface area contributed by atoms with Crippen molar-refractivity contribution in [3.05, 3.63) is 75.1 Å². The first kappa shape index (κ1) is 23.4. The Labute approximate surface area is 205 Å². The minimum absolute atomic E-state index is 0.0705. The molecule has 3 aromatic rings. The number of rotatable bonds is 8. The second-order valence-electron chi connectivity index (χ2n) is 6.92. The van der Waals surface area contributed by atoms with E-state index in [2.05, 4.69) is 9.98 Å². The topological polar surface area (TPSA) is 64.0 Å². The predicted molar refractivity (Wildman–Crippen MR) is 136 cm³/mol. The summed E-state index contributed by atoms with van der Waals surface area (Å²) in [4.78, 5) is 23.9. The smallest absolute Gasteiger partial charge is 0.266 e. The van der Waals surface area contributed by atoms with Crippen molar-refractivity contribution in [2.24, 2.45) is 4.99 Å². The van der Waals surface area contributed by atoms with Crippen molar-refractivity contribution >= 4 is 57.0 Å². The molecule has 1 saturated heterocycles. The standard InChI is InChI=1S/C24H22ClN3O3S2/c1-3-28-22(29)21(33-24(28)27-23-26-11-12-32-23)14-17-7-10-19(20(13-17)30-4-2)31-15-16-5-8-18(25)9-6-16/h5-14H,3-4,15H2,1-2H3/b21-14-,27-24+. The quantitative estimate of drug-likeness (QED) is 0.335. The van der Waals surface area contributed by atoms with Gasteiger partial charge in [-0.15, -0.1) is 11.3 Å². The van der Waals surface area contributed by atoms with Gasteiger partial charge in [0, 0.05) is 23.1 Å². The molecule has 6 nitrogen and oxygen atoms in total. The molecule has 1 aliphatic heterocycles. The average Bonchev–Trinajstić information content (AvgIpc) is 3.42. The second-order valence-corrected chi connectivity index (χ2v) is 9.24. The zero-order valence-electron chi connectivity index (χ0n) is 18.2. The third-order valence-corrected chi connectivity index (χ3v) is 6.61. The Bertz CT molecular complexity index is 1180. The molecule has 0 bridgehead atoms. The number of amides is 1. The number of carbonyl (C=O) groups is 1. The SMILES string of the molecule is CCOc1cc(/C=C2\S/C(=N/c3nccs3)N(CC)C2=O)ccc1OCc1ccc(Cl)cc1. The number of thiazole rings is 1. The third-order valence-electron chi connectivity index (χ3n) is 4.69. The fraction of sp³-hybridized carbons (Fsp3) is 0.208. The van der Waals surface area contributed by atoms with Crippen LogP contribution >= 0.6 is 34.7 Å². The van der Waals surface area contributed by atoms with Crippen LogP contribution in [0.3, 0.4) is 0 Å². The molecule has 1 amide bonds. The molecule has 9 heteroatoms. The zero-order chi connectivity index (χ0) is 23.2. The van der Waals surface area contributed by atoms with Crippen molar-refractivity contribution in [1.29, 1.82) is 0 Å². The van der Waals surface area contributed by atoms with Crippen LogP contribution < -0.4 is 9.47 Å². The highest BCUT2D eigenvalue weighted by molar-refractivity contribution is 8.18. The lowest BCUT2D eigenvalue weighted by molar-refractivity contribution is -0.122. The average molecular weight is 500 g/mol. The summed E-state index contributed by atoms with van der Waals surface area (Å²) in [5.74, 6) is 1.19. The Kier molecular flexibility index (Phi) is 7.69. The van der Waals surface area contributed by atoms with Gasteiger partial charge in [0.2, 0.25) is 5.13 Å². The van der Waals surface area contributed by atoms with Crippen LogP contribution in [0, 0.1) is 0 Å². The van der Waals surface area contributed by atoms with E-state index >= 15 is 0 Å². The number of aliphatic imine (C=N–C) groups is 1. The summed E-state index contributed by atoms with van der Waals surface area (Å²) >= 11 is 8.73.